The van der Waals surface area contributed by atoms with Crippen molar-refractivity contribution in [3.05, 3.63) is 28.8 Å². The van der Waals surface area contributed by atoms with Crippen molar-refractivity contribution in [2.75, 3.05) is 13.2 Å². The van der Waals surface area contributed by atoms with Gasteiger partial charge in [-0.3, -0.25) is 0 Å². The van der Waals surface area contributed by atoms with Gasteiger partial charge in [0.05, 0.1) is 0 Å². The molecule has 94 valence electrons. The fourth-order valence-electron chi connectivity index (χ4n) is 2.28. The third-order valence-electron chi connectivity index (χ3n) is 3.30. The molecule has 1 N–H and O–H groups in total. The van der Waals surface area contributed by atoms with E-state index in [2.05, 4.69) is 5.32 Å². The van der Waals surface area contributed by atoms with Crippen molar-refractivity contribution in [2.45, 2.75) is 38.6 Å². The normalized spacial score (nSPS) is 16.4. The minimum atomic E-state index is 0.706. The molecule has 0 unspecified atom stereocenters. The lowest BCUT2D eigenvalue weighted by Crippen LogP contribution is -2.30. The van der Waals surface area contributed by atoms with Crippen LogP contribution in [0.3, 0.4) is 0 Å². The molecule has 0 atom stereocenters. The zero-order valence-corrected chi connectivity index (χ0v) is 11.1. The quantitative estimate of drug-likeness (QED) is 0.811. The number of benzene rings is 1. The Bertz CT molecular complexity index is 361. The van der Waals surface area contributed by atoms with Crippen molar-refractivity contribution >= 4 is 11.6 Å². The Morgan fingerprint density at radius 1 is 1.35 bits per heavy atom. The highest BCUT2D eigenvalue weighted by atomic mass is 35.5. The van der Waals surface area contributed by atoms with Crippen LogP contribution in [-0.2, 0) is 0 Å². The molecule has 0 radical (unpaired) electrons. The van der Waals surface area contributed by atoms with Crippen LogP contribution in [0.2, 0.25) is 5.02 Å². The van der Waals surface area contributed by atoms with E-state index in [1.54, 1.807) is 0 Å². The van der Waals surface area contributed by atoms with E-state index in [4.69, 9.17) is 16.3 Å². The average molecular weight is 254 g/mol. The minimum absolute atomic E-state index is 0.706. The van der Waals surface area contributed by atoms with Crippen LogP contribution in [0.1, 0.15) is 31.2 Å². The van der Waals surface area contributed by atoms with E-state index in [1.165, 1.54) is 25.7 Å². The molecule has 0 spiro atoms. The summed E-state index contributed by atoms with van der Waals surface area (Å²) in [5.41, 5.74) is 1.13. The molecule has 1 saturated carbocycles. The van der Waals surface area contributed by atoms with Crippen LogP contribution in [0.25, 0.3) is 0 Å². The van der Waals surface area contributed by atoms with Gasteiger partial charge in [-0.15, -0.1) is 0 Å². The maximum Gasteiger partial charge on any atom is 0.123 e. The largest absolute Gasteiger partial charge is 0.492 e. The molecular formula is C14H20ClNO. The molecule has 0 heterocycles. The molecule has 1 aliphatic carbocycles. The lowest BCUT2D eigenvalue weighted by atomic mass is 10.2. The number of aryl methyl sites for hydroxylation is 1. The minimum Gasteiger partial charge on any atom is -0.492 e. The lowest BCUT2D eigenvalue weighted by molar-refractivity contribution is 0.303. The van der Waals surface area contributed by atoms with Gasteiger partial charge in [0.1, 0.15) is 12.4 Å². The van der Waals surface area contributed by atoms with Crippen molar-refractivity contribution in [1.29, 1.82) is 0 Å². The van der Waals surface area contributed by atoms with Gasteiger partial charge in [0.25, 0.3) is 0 Å². The standard InChI is InChI=1S/C14H20ClNO/c1-11-6-7-12(15)10-14(11)17-9-8-16-13-4-2-3-5-13/h6-7,10,13,16H,2-5,8-9H2,1H3. The van der Waals surface area contributed by atoms with Crippen molar-refractivity contribution in [3.63, 3.8) is 0 Å². The zero-order valence-electron chi connectivity index (χ0n) is 10.3. The van der Waals surface area contributed by atoms with Gasteiger partial charge in [0.2, 0.25) is 0 Å². The van der Waals surface area contributed by atoms with E-state index in [9.17, 15) is 0 Å². The summed E-state index contributed by atoms with van der Waals surface area (Å²) in [4.78, 5) is 0. The highest BCUT2D eigenvalue weighted by Gasteiger charge is 2.13. The monoisotopic (exact) mass is 253 g/mol. The first-order valence-corrected chi connectivity index (χ1v) is 6.76. The summed E-state index contributed by atoms with van der Waals surface area (Å²) in [6, 6.07) is 6.47. The topological polar surface area (TPSA) is 21.3 Å². The number of hydrogen-bond donors (Lipinski definition) is 1. The molecule has 0 saturated heterocycles. The second kappa shape index (κ2) is 6.27. The molecular weight excluding hydrogens is 234 g/mol. The van der Waals surface area contributed by atoms with E-state index >= 15 is 0 Å². The van der Waals surface area contributed by atoms with Crippen molar-refractivity contribution in [1.82, 2.24) is 5.32 Å². The SMILES string of the molecule is Cc1ccc(Cl)cc1OCCNC1CCCC1. The smallest absolute Gasteiger partial charge is 0.123 e. The summed E-state index contributed by atoms with van der Waals surface area (Å²) in [5, 5.41) is 4.26. The maximum absolute atomic E-state index is 5.94. The summed E-state index contributed by atoms with van der Waals surface area (Å²) in [5.74, 6) is 0.894. The van der Waals surface area contributed by atoms with E-state index in [1.807, 2.05) is 25.1 Å². The first-order valence-electron chi connectivity index (χ1n) is 6.38. The van der Waals surface area contributed by atoms with Crippen LogP contribution in [0.5, 0.6) is 5.75 Å². The Hall–Kier alpha value is -0.730. The van der Waals surface area contributed by atoms with Gasteiger partial charge in [0.15, 0.2) is 0 Å². The average Bonchev–Trinajstić information content (AvgIpc) is 2.82. The Morgan fingerprint density at radius 2 is 2.12 bits per heavy atom. The number of ether oxygens (including phenoxy) is 1. The molecule has 3 heteroatoms. The first kappa shape index (κ1) is 12.7. The summed E-state index contributed by atoms with van der Waals surface area (Å²) in [6.45, 7) is 3.66. The Kier molecular flexibility index (Phi) is 4.69. The summed E-state index contributed by atoms with van der Waals surface area (Å²) < 4.78 is 5.73. The molecule has 0 aromatic heterocycles. The van der Waals surface area contributed by atoms with Crippen molar-refractivity contribution in [3.8, 4) is 5.75 Å². The highest BCUT2D eigenvalue weighted by Crippen LogP contribution is 2.22. The van der Waals surface area contributed by atoms with Gasteiger partial charge in [-0.25, -0.2) is 0 Å². The van der Waals surface area contributed by atoms with Gasteiger partial charge in [-0.2, -0.15) is 0 Å². The third-order valence-corrected chi connectivity index (χ3v) is 3.53. The fourth-order valence-corrected chi connectivity index (χ4v) is 2.45. The third kappa shape index (κ3) is 3.90. The van der Waals surface area contributed by atoms with Crippen LogP contribution in [0.4, 0.5) is 0 Å². The van der Waals surface area contributed by atoms with Gasteiger partial charge in [-0.1, -0.05) is 30.5 Å². The van der Waals surface area contributed by atoms with Crippen LogP contribution in [-0.4, -0.2) is 19.2 Å². The Balaban J connectivity index is 1.72. The van der Waals surface area contributed by atoms with Crippen LogP contribution >= 0.6 is 11.6 Å². The molecule has 0 bridgehead atoms. The first-order chi connectivity index (χ1) is 8.25. The number of nitrogens with one attached hydrogen (secondary N) is 1. The molecule has 1 aromatic rings. The number of halogens is 1. The molecule has 0 aliphatic heterocycles. The molecule has 17 heavy (non-hydrogen) atoms. The van der Waals surface area contributed by atoms with Crippen LogP contribution < -0.4 is 10.1 Å². The van der Waals surface area contributed by atoms with Gasteiger partial charge < -0.3 is 10.1 Å². The molecule has 0 amide bonds. The summed E-state index contributed by atoms with van der Waals surface area (Å²) in [6.07, 6.45) is 5.37. The molecule has 1 fully saturated rings. The van der Waals surface area contributed by atoms with Crippen molar-refractivity contribution < 1.29 is 4.74 Å². The van der Waals surface area contributed by atoms with Crippen molar-refractivity contribution in [2.24, 2.45) is 0 Å². The molecule has 1 aromatic carbocycles. The predicted molar refractivity (Wildman–Crippen MR) is 71.9 cm³/mol. The van der Waals surface area contributed by atoms with E-state index < -0.39 is 0 Å². The second-order valence-corrected chi connectivity index (χ2v) is 5.13. The number of rotatable bonds is 5. The van der Waals surface area contributed by atoms with E-state index in [-0.39, 0.29) is 0 Å². The zero-order chi connectivity index (χ0) is 12.1. The molecule has 2 nitrogen and oxygen atoms in total. The molecule has 1 aliphatic rings. The van der Waals surface area contributed by atoms with Crippen LogP contribution in [0, 0.1) is 6.92 Å². The predicted octanol–water partition coefficient (Wildman–Crippen LogP) is 3.56. The van der Waals surface area contributed by atoms with Crippen LogP contribution in [0.15, 0.2) is 18.2 Å². The fraction of sp³-hybridized carbons (Fsp3) is 0.571. The van der Waals surface area contributed by atoms with E-state index in [0.29, 0.717) is 12.6 Å². The van der Waals surface area contributed by atoms with Gasteiger partial charge >= 0.3 is 0 Å². The van der Waals surface area contributed by atoms with E-state index in [0.717, 1.165) is 22.9 Å². The summed E-state index contributed by atoms with van der Waals surface area (Å²) in [7, 11) is 0. The second-order valence-electron chi connectivity index (χ2n) is 4.69. The maximum atomic E-state index is 5.94. The highest BCUT2D eigenvalue weighted by molar-refractivity contribution is 6.30. The van der Waals surface area contributed by atoms with Gasteiger partial charge in [-0.05, 0) is 37.5 Å². The summed E-state index contributed by atoms with van der Waals surface area (Å²) >= 11 is 5.94. The lowest BCUT2D eigenvalue weighted by Gasteiger charge is -2.13. The Morgan fingerprint density at radius 3 is 2.88 bits per heavy atom. The van der Waals surface area contributed by atoms with Gasteiger partial charge in [0, 0.05) is 17.6 Å². The number of hydrogen-bond acceptors (Lipinski definition) is 2. The Labute approximate surface area is 108 Å². The molecule has 2 rings (SSSR count).